The normalized spacial score (nSPS) is 29.8. The molecule has 0 bridgehead atoms. The lowest BCUT2D eigenvalue weighted by atomic mass is 9.73. The molecule has 122 valence electrons. The van der Waals surface area contributed by atoms with Crippen LogP contribution in [-0.2, 0) is 14.8 Å². The molecule has 1 aromatic heterocycles. The van der Waals surface area contributed by atoms with E-state index >= 15 is 0 Å². The van der Waals surface area contributed by atoms with Crippen LogP contribution >= 0.6 is 0 Å². The molecule has 3 heterocycles. The fourth-order valence-electron chi connectivity index (χ4n) is 3.39. The van der Waals surface area contributed by atoms with Gasteiger partial charge in [-0.2, -0.15) is 0 Å². The summed E-state index contributed by atoms with van der Waals surface area (Å²) in [6, 6.07) is 5.52. The van der Waals surface area contributed by atoms with Gasteiger partial charge in [-0.25, -0.2) is 17.7 Å². The van der Waals surface area contributed by atoms with Gasteiger partial charge in [0.15, 0.2) is 0 Å². The zero-order valence-corrected chi connectivity index (χ0v) is 13.6. The largest absolute Gasteiger partial charge is 0.477 e. The number of fused-ring (bicyclic) bond motifs is 1. The van der Waals surface area contributed by atoms with Gasteiger partial charge in [0.2, 0.25) is 15.9 Å². The number of pyridine rings is 1. The molecule has 2 atom stereocenters. The van der Waals surface area contributed by atoms with E-state index in [1.54, 1.807) is 10.5 Å². The summed E-state index contributed by atoms with van der Waals surface area (Å²) >= 11 is 0. The molecule has 0 aliphatic carbocycles. The van der Waals surface area contributed by atoms with E-state index in [1.807, 2.05) is 18.2 Å². The number of sulfonamides is 1. The van der Waals surface area contributed by atoms with Gasteiger partial charge in [-0.3, -0.25) is 0 Å². The number of aromatic nitrogens is 1. The van der Waals surface area contributed by atoms with E-state index in [1.165, 1.54) is 6.26 Å². The Morgan fingerprint density at radius 1 is 1.50 bits per heavy atom. The molecule has 2 aliphatic rings. The summed E-state index contributed by atoms with van der Waals surface area (Å²) in [6.45, 7) is 2.16. The summed E-state index contributed by atoms with van der Waals surface area (Å²) in [5.74, 6) is 0.567. The Morgan fingerprint density at radius 3 is 3.09 bits per heavy atom. The smallest absolute Gasteiger partial charge is 0.213 e. The second-order valence-electron chi connectivity index (χ2n) is 6.17. The van der Waals surface area contributed by atoms with Gasteiger partial charge in [0.1, 0.15) is 0 Å². The first-order valence-electron chi connectivity index (χ1n) is 7.60. The minimum Gasteiger partial charge on any atom is -0.477 e. The third-order valence-electron chi connectivity index (χ3n) is 4.57. The van der Waals surface area contributed by atoms with Crippen LogP contribution in [0.25, 0.3) is 0 Å². The molecule has 2 aliphatic heterocycles. The molecule has 3 rings (SSSR count). The molecule has 0 spiro atoms. The summed E-state index contributed by atoms with van der Waals surface area (Å²) < 4.78 is 37.1. The standard InChI is InChI=1S/C15H22N2O4S/c1-22(18,19)17-9-6-13-15(11-17,7-4-10-20-13)12-21-14-5-2-3-8-16-14/h2-3,5,8,13H,4,6-7,9-12H2,1H3/t13-,15+/m0/s1. The Labute approximate surface area is 131 Å². The van der Waals surface area contributed by atoms with Crippen molar-refractivity contribution in [3.8, 4) is 5.88 Å². The Bertz CT molecular complexity index is 607. The van der Waals surface area contributed by atoms with Gasteiger partial charge in [0.25, 0.3) is 0 Å². The van der Waals surface area contributed by atoms with Crippen LogP contribution < -0.4 is 4.74 Å². The highest BCUT2D eigenvalue weighted by molar-refractivity contribution is 7.88. The van der Waals surface area contributed by atoms with Gasteiger partial charge in [-0.15, -0.1) is 0 Å². The van der Waals surface area contributed by atoms with E-state index in [0.29, 0.717) is 25.6 Å². The number of ether oxygens (including phenoxy) is 2. The van der Waals surface area contributed by atoms with E-state index < -0.39 is 10.0 Å². The molecule has 0 amide bonds. The molecule has 0 unspecified atom stereocenters. The van der Waals surface area contributed by atoms with Crippen molar-refractivity contribution in [3.05, 3.63) is 24.4 Å². The SMILES string of the molecule is CS(=O)(=O)N1CC[C@@H]2OCCC[C@]2(COc2ccccn2)C1. The quantitative estimate of drug-likeness (QED) is 0.834. The molecular formula is C15H22N2O4S. The summed E-state index contributed by atoms with van der Waals surface area (Å²) in [6.07, 6.45) is 5.58. The summed E-state index contributed by atoms with van der Waals surface area (Å²) in [5.41, 5.74) is -0.281. The van der Waals surface area contributed by atoms with E-state index in [9.17, 15) is 8.42 Å². The summed E-state index contributed by atoms with van der Waals surface area (Å²) in [4.78, 5) is 4.17. The van der Waals surface area contributed by atoms with Gasteiger partial charge in [-0.05, 0) is 25.3 Å². The van der Waals surface area contributed by atoms with Gasteiger partial charge in [-0.1, -0.05) is 6.07 Å². The van der Waals surface area contributed by atoms with Crippen LogP contribution in [0.15, 0.2) is 24.4 Å². The fraction of sp³-hybridized carbons (Fsp3) is 0.667. The van der Waals surface area contributed by atoms with Crippen molar-refractivity contribution in [1.82, 2.24) is 9.29 Å². The van der Waals surface area contributed by atoms with Crippen molar-refractivity contribution in [2.45, 2.75) is 25.4 Å². The summed E-state index contributed by atoms with van der Waals surface area (Å²) in [5, 5.41) is 0. The van der Waals surface area contributed by atoms with Gasteiger partial charge in [0, 0.05) is 37.4 Å². The Morgan fingerprint density at radius 2 is 2.36 bits per heavy atom. The molecule has 0 N–H and O–H groups in total. The fourth-order valence-corrected chi connectivity index (χ4v) is 4.32. The molecule has 0 aromatic carbocycles. The van der Waals surface area contributed by atoms with Crippen molar-refractivity contribution in [2.24, 2.45) is 5.41 Å². The minimum absolute atomic E-state index is 0.0583. The minimum atomic E-state index is -3.19. The lowest BCUT2D eigenvalue weighted by Gasteiger charge is -2.49. The second kappa shape index (κ2) is 6.14. The van der Waals surface area contributed by atoms with E-state index in [0.717, 1.165) is 25.9 Å². The highest BCUT2D eigenvalue weighted by atomic mass is 32.2. The molecular weight excluding hydrogens is 304 g/mol. The molecule has 22 heavy (non-hydrogen) atoms. The highest BCUT2D eigenvalue weighted by Crippen LogP contribution is 2.41. The first-order chi connectivity index (χ1) is 10.5. The predicted molar refractivity (Wildman–Crippen MR) is 82.2 cm³/mol. The Hall–Kier alpha value is -1.18. The number of hydrogen-bond acceptors (Lipinski definition) is 5. The maximum atomic E-state index is 11.9. The number of hydrogen-bond donors (Lipinski definition) is 0. The van der Waals surface area contributed by atoms with Gasteiger partial charge in [0.05, 0.1) is 19.0 Å². The Balaban J connectivity index is 1.78. The van der Waals surface area contributed by atoms with Crippen LogP contribution in [0.5, 0.6) is 5.88 Å². The summed E-state index contributed by atoms with van der Waals surface area (Å²) in [7, 11) is -3.19. The lowest BCUT2D eigenvalue weighted by molar-refractivity contribution is -0.128. The zero-order valence-electron chi connectivity index (χ0n) is 12.8. The Kier molecular flexibility index (Phi) is 4.38. The van der Waals surface area contributed by atoms with Crippen LogP contribution in [0, 0.1) is 5.41 Å². The van der Waals surface area contributed by atoms with E-state index in [-0.39, 0.29) is 11.5 Å². The molecule has 1 aromatic rings. The van der Waals surface area contributed by atoms with Gasteiger partial charge >= 0.3 is 0 Å². The third-order valence-corrected chi connectivity index (χ3v) is 5.82. The molecule has 0 radical (unpaired) electrons. The first-order valence-corrected chi connectivity index (χ1v) is 9.45. The molecule has 7 heteroatoms. The topological polar surface area (TPSA) is 68.7 Å². The maximum Gasteiger partial charge on any atom is 0.213 e. The molecule has 6 nitrogen and oxygen atoms in total. The third kappa shape index (κ3) is 3.26. The average molecular weight is 326 g/mol. The van der Waals surface area contributed by atoms with Crippen LogP contribution in [0.4, 0.5) is 0 Å². The number of piperidine rings is 1. The van der Waals surface area contributed by atoms with E-state index in [4.69, 9.17) is 9.47 Å². The number of nitrogens with zero attached hydrogens (tertiary/aromatic N) is 2. The molecule has 0 saturated carbocycles. The van der Waals surface area contributed by atoms with Crippen molar-refractivity contribution >= 4 is 10.0 Å². The second-order valence-corrected chi connectivity index (χ2v) is 8.15. The van der Waals surface area contributed by atoms with Crippen molar-refractivity contribution in [1.29, 1.82) is 0 Å². The molecule has 2 fully saturated rings. The van der Waals surface area contributed by atoms with Crippen LogP contribution in [0.3, 0.4) is 0 Å². The van der Waals surface area contributed by atoms with Gasteiger partial charge < -0.3 is 9.47 Å². The first kappa shape index (κ1) is 15.7. The molecule has 2 saturated heterocycles. The lowest BCUT2D eigenvalue weighted by Crippen LogP contribution is -2.58. The van der Waals surface area contributed by atoms with Crippen molar-refractivity contribution in [3.63, 3.8) is 0 Å². The predicted octanol–water partition coefficient (Wildman–Crippen LogP) is 1.29. The zero-order chi connectivity index (χ0) is 15.6. The highest BCUT2D eigenvalue weighted by Gasteiger charge is 2.48. The monoisotopic (exact) mass is 326 g/mol. The van der Waals surface area contributed by atoms with Crippen LogP contribution in [-0.4, -0.2) is 56.4 Å². The van der Waals surface area contributed by atoms with Crippen molar-refractivity contribution in [2.75, 3.05) is 32.6 Å². The van der Waals surface area contributed by atoms with Crippen molar-refractivity contribution < 1.29 is 17.9 Å². The number of rotatable bonds is 4. The van der Waals surface area contributed by atoms with Crippen LogP contribution in [0.2, 0.25) is 0 Å². The average Bonchev–Trinajstić information content (AvgIpc) is 2.52. The van der Waals surface area contributed by atoms with Crippen LogP contribution in [0.1, 0.15) is 19.3 Å². The maximum absolute atomic E-state index is 11.9. The van der Waals surface area contributed by atoms with E-state index in [2.05, 4.69) is 4.98 Å².